The second kappa shape index (κ2) is 9.71. The summed E-state index contributed by atoms with van der Waals surface area (Å²) in [7, 11) is 1.47. The number of benzene rings is 2. The van der Waals surface area contributed by atoms with Gasteiger partial charge < -0.3 is 5.32 Å². The van der Waals surface area contributed by atoms with Gasteiger partial charge in [0.2, 0.25) is 5.91 Å². The number of fused-ring (bicyclic) bond motifs is 1. The van der Waals surface area contributed by atoms with E-state index in [0.717, 1.165) is 10.1 Å². The first-order valence-electron chi connectivity index (χ1n) is 11.1. The van der Waals surface area contributed by atoms with Crippen LogP contribution in [0.2, 0.25) is 10.0 Å². The summed E-state index contributed by atoms with van der Waals surface area (Å²) in [5, 5.41) is 8.61. The zero-order valence-electron chi connectivity index (χ0n) is 19.8. The number of halogens is 2. The molecule has 8 nitrogen and oxygen atoms in total. The van der Waals surface area contributed by atoms with Gasteiger partial charge in [-0.05, 0) is 29.7 Å². The molecule has 0 atom stereocenters. The summed E-state index contributed by atoms with van der Waals surface area (Å²) < 4.78 is 4.32. The fraction of sp³-hybridized carbons (Fsp3) is 0.280. The van der Waals surface area contributed by atoms with Crippen LogP contribution >= 0.6 is 23.2 Å². The van der Waals surface area contributed by atoms with Crippen molar-refractivity contribution in [3.63, 3.8) is 0 Å². The van der Waals surface area contributed by atoms with E-state index >= 15 is 0 Å². The molecule has 1 amide bonds. The minimum absolute atomic E-state index is 0.154. The van der Waals surface area contributed by atoms with Gasteiger partial charge in [0.1, 0.15) is 5.39 Å². The van der Waals surface area contributed by atoms with Crippen LogP contribution in [0.5, 0.6) is 0 Å². The highest BCUT2D eigenvalue weighted by Gasteiger charge is 2.23. The van der Waals surface area contributed by atoms with E-state index in [9.17, 15) is 14.4 Å². The molecule has 4 aromatic rings. The summed E-state index contributed by atoms with van der Waals surface area (Å²) in [4.78, 5) is 37.8. The lowest BCUT2D eigenvalue weighted by atomic mass is 10.1. The van der Waals surface area contributed by atoms with Gasteiger partial charge in [0, 0.05) is 31.8 Å². The lowest BCUT2D eigenvalue weighted by molar-refractivity contribution is -0.114. The summed E-state index contributed by atoms with van der Waals surface area (Å²) in [6.45, 7) is 6.06. The first-order chi connectivity index (χ1) is 16.6. The van der Waals surface area contributed by atoms with Crippen molar-refractivity contribution in [2.45, 2.75) is 33.9 Å². The Balaban J connectivity index is 2.02. The number of hydrogen-bond acceptors (Lipinski definition) is 4. The van der Waals surface area contributed by atoms with E-state index in [1.807, 2.05) is 19.9 Å². The zero-order chi connectivity index (χ0) is 25.4. The number of aromatic nitrogens is 4. The number of nitrogens with one attached hydrogen (secondary N) is 1. The fourth-order valence-electron chi connectivity index (χ4n) is 4.05. The monoisotopic (exact) mass is 513 g/mol. The minimum atomic E-state index is -0.436. The van der Waals surface area contributed by atoms with E-state index in [4.69, 9.17) is 28.3 Å². The van der Waals surface area contributed by atoms with Gasteiger partial charge in [-0.25, -0.2) is 4.79 Å². The molecule has 0 bridgehead atoms. The SMILES string of the molecule is CC(=O)Nc1ccc(-c2c3c(=O)n(C)c(=O)n(CC(C)C)c3nn2Cc2cccc(Cl)c2Cl)cc1. The van der Waals surface area contributed by atoms with E-state index in [0.29, 0.717) is 44.6 Å². The smallest absolute Gasteiger partial charge is 0.326 e. The van der Waals surface area contributed by atoms with Gasteiger partial charge in [-0.3, -0.25) is 23.4 Å². The Kier molecular flexibility index (Phi) is 6.87. The van der Waals surface area contributed by atoms with Gasteiger partial charge in [0.05, 0.1) is 22.3 Å². The lowest BCUT2D eigenvalue weighted by Gasteiger charge is -2.11. The van der Waals surface area contributed by atoms with E-state index in [-0.39, 0.29) is 18.4 Å². The Morgan fingerprint density at radius 3 is 2.40 bits per heavy atom. The van der Waals surface area contributed by atoms with Crippen LogP contribution in [0.1, 0.15) is 26.3 Å². The zero-order valence-corrected chi connectivity index (χ0v) is 21.3. The highest BCUT2D eigenvalue weighted by Crippen LogP contribution is 2.31. The van der Waals surface area contributed by atoms with E-state index in [2.05, 4.69) is 5.32 Å². The summed E-state index contributed by atoms with van der Waals surface area (Å²) >= 11 is 12.7. The Labute approximate surface area is 211 Å². The second-order valence-electron chi connectivity index (χ2n) is 8.83. The van der Waals surface area contributed by atoms with Crippen LogP contribution in [0.15, 0.2) is 52.1 Å². The first-order valence-corrected chi connectivity index (χ1v) is 11.8. The predicted molar refractivity (Wildman–Crippen MR) is 139 cm³/mol. The molecule has 182 valence electrons. The molecule has 0 radical (unpaired) electrons. The van der Waals surface area contributed by atoms with Crippen LogP contribution in [0.3, 0.4) is 0 Å². The van der Waals surface area contributed by atoms with Crippen molar-refractivity contribution in [3.05, 3.63) is 78.9 Å². The molecule has 35 heavy (non-hydrogen) atoms. The summed E-state index contributed by atoms with van der Waals surface area (Å²) in [6.07, 6.45) is 0. The van der Waals surface area contributed by atoms with E-state index in [1.165, 1.54) is 18.5 Å². The third kappa shape index (κ3) is 4.76. The molecule has 2 aromatic heterocycles. The Hall–Kier alpha value is -3.36. The largest absolute Gasteiger partial charge is 0.332 e. The maximum absolute atomic E-state index is 13.4. The Bertz CT molecular complexity index is 1550. The van der Waals surface area contributed by atoms with Gasteiger partial charge in [0.15, 0.2) is 5.65 Å². The van der Waals surface area contributed by atoms with E-state index < -0.39 is 11.2 Å². The van der Waals surface area contributed by atoms with Gasteiger partial charge in [-0.15, -0.1) is 0 Å². The maximum atomic E-state index is 13.4. The number of amides is 1. The molecule has 0 fully saturated rings. The molecule has 0 unspecified atom stereocenters. The second-order valence-corrected chi connectivity index (χ2v) is 9.61. The lowest BCUT2D eigenvalue weighted by Crippen LogP contribution is -2.38. The molecule has 2 aromatic carbocycles. The summed E-state index contributed by atoms with van der Waals surface area (Å²) in [6, 6.07) is 12.4. The highest BCUT2D eigenvalue weighted by atomic mass is 35.5. The van der Waals surface area contributed by atoms with Gasteiger partial charge in [-0.1, -0.05) is 61.3 Å². The van der Waals surface area contributed by atoms with Crippen LogP contribution in [-0.2, 0) is 24.9 Å². The molecule has 0 saturated heterocycles. The molecular weight excluding hydrogens is 489 g/mol. The quantitative estimate of drug-likeness (QED) is 0.409. The normalized spacial score (nSPS) is 11.4. The van der Waals surface area contributed by atoms with Gasteiger partial charge in [-0.2, -0.15) is 5.10 Å². The van der Waals surface area contributed by atoms with Crippen molar-refractivity contribution in [3.8, 4) is 11.3 Å². The standard InChI is InChI=1S/C25H25Cl2N5O3/c1-14(2)12-31-23-20(24(34)30(4)25(31)35)22(16-8-10-18(11-9-16)28-15(3)33)32(29-23)13-17-6-5-7-19(26)21(17)27/h5-11,14H,12-13H2,1-4H3,(H,28,33). The average Bonchev–Trinajstić information content (AvgIpc) is 3.17. The van der Waals surface area contributed by atoms with Crippen molar-refractivity contribution >= 4 is 45.8 Å². The minimum Gasteiger partial charge on any atom is -0.326 e. The molecule has 2 heterocycles. The Morgan fingerprint density at radius 1 is 1.09 bits per heavy atom. The van der Waals surface area contributed by atoms with Crippen LogP contribution in [0.25, 0.3) is 22.3 Å². The van der Waals surface area contributed by atoms with Gasteiger partial charge >= 0.3 is 5.69 Å². The van der Waals surface area contributed by atoms with Crippen LogP contribution < -0.4 is 16.6 Å². The number of hydrogen-bond donors (Lipinski definition) is 1. The first kappa shape index (κ1) is 24.8. The third-order valence-electron chi connectivity index (χ3n) is 5.60. The number of rotatable bonds is 6. The van der Waals surface area contributed by atoms with Crippen molar-refractivity contribution < 1.29 is 4.79 Å². The fourth-order valence-corrected chi connectivity index (χ4v) is 4.43. The van der Waals surface area contributed by atoms with Gasteiger partial charge in [0.25, 0.3) is 5.56 Å². The molecule has 0 saturated carbocycles. The molecular formula is C25H25Cl2N5O3. The van der Waals surface area contributed by atoms with Crippen molar-refractivity contribution in [1.82, 2.24) is 18.9 Å². The number of carbonyl (C=O) groups excluding carboxylic acids is 1. The highest BCUT2D eigenvalue weighted by molar-refractivity contribution is 6.42. The third-order valence-corrected chi connectivity index (χ3v) is 6.46. The molecule has 0 spiro atoms. The molecule has 0 aliphatic rings. The van der Waals surface area contributed by atoms with E-state index in [1.54, 1.807) is 41.1 Å². The van der Waals surface area contributed by atoms with Crippen molar-refractivity contribution in [2.24, 2.45) is 13.0 Å². The molecule has 0 aliphatic carbocycles. The number of carbonyl (C=O) groups is 1. The van der Waals surface area contributed by atoms with Crippen LogP contribution in [-0.4, -0.2) is 24.8 Å². The van der Waals surface area contributed by atoms with Crippen molar-refractivity contribution in [1.29, 1.82) is 0 Å². The van der Waals surface area contributed by atoms with Crippen LogP contribution in [0, 0.1) is 5.92 Å². The average molecular weight is 514 g/mol. The predicted octanol–water partition coefficient (Wildman–Crippen LogP) is 4.53. The van der Waals surface area contributed by atoms with Crippen LogP contribution in [0.4, 0.5) is 5.69 Å². The number of anilines is 1. The molecule has 4 rings (SSSR count). The topological polar surface area (TPSA) is 90.9 Å². The maximum Gasteiger partial charge on any atom is 0.332 e. The molecule has 10 heteroatoms. The summed E-state index contributed by atoms with van der Waals surface area (Å²) in [5.41, 5.74) is 2.04. The molecule has 0 aliphatic heterocycles. The Morgan fingerprint density at radius 2 is 1.77 bits per heavy atom. The number of nitrogens with zero attached hydrogens (tertiary/aromatic N) is 4. The molecule has 1 N–H and O–H groups in total. The summed E-state index contributed by atoms with van der Waals surface area (Å²) in [5.74, 6) is -0.0308. The van der Waals surface area contributed by atoms with Crippen molar-refractivity contribution in [2.75, 3.05) is 5.32 Å².